The second-order valence-corrected chi connectivity index (χ2v) is 14.4. The maximum atomic E-state index is 13.9. The Hall–Kier alpha value is -3.84. The number of sulfonamides is 1. The molecule has 0 bridgehead atoms. The molecule has 0 aliphatic carbocycles. The minimum Gasteiger partial charge on any atom is -0.461 e. The van der Waals surface area contributed by atoms with Crippen LogP contribution in [0.2, 0.25) is 10.0 Å². The van der Waals surface area contributed by atoms with Gasteiger partial charge in [0.15, 0.2) is 11.5 Å². The lowest BCUT2D eigenvalue weighted by Gasteiger charge is -2.26. The molecule has 0 unspecified atom stereocenters. The number of benzene rings is 2. The van der Waals surface area contributed by atoms with Crippen molar-refractivity contribution in [2.75, 3.05) is 17.5 Å². The summed E-state index contributed by atoms with van der Waals surface area (Å²) >= 11 is 13.6. The monoisotopic (exact) mass is 675 g/mol. The fraction of sp³-hybridized carbons (Fsp3) is 0.233. The molecule has 3 aromatic heterocycles. The van der Waals surface area contributed by atoms with Gasteiger partial charge in [-0.25, -0.2) is 13.2 Å². The second-order valence-electron chi connectivity index (χ2n) is 10.6. The van der Waals surface area contributed by atoms with Crippen molar-refractivity contribution in [2.24, 2.45) is 0 Å². The third kappa shape index (κ3) is 6.78. The van der Waals surface area contributed by atoms with Gasteiger partial charge in [0.05, 0.1) is 27.6 Å². The van der Waals surface area contributed by atoms with E-state index in [1.807, 2.05) is 29.0 Å². The average molecular weight is 677 g/mol. The maximum Gasteiger partial charge on any atom is 0.360 e. The van der Waals surface area contributed by atoms with Crippen LogP contribution in [0.3, 0.4) is 0 Å². The molecule has 44 heavy (non-hydrogen) atoms. The van der Waals surface area contributed by atoms with Gasteiger partial charge in [-0.15, -0.1) is 11.3 Å². The van der Waals surface area contributed by atoms with Crippen molar-refractivity contribution in [1.82, 2.24) is 9.72 Å². The largest absolute Gasteiger partial charge is 0.461 e. The Balaban J connectivity index is 1.50. The summed E-state index contributed by atoms with van der Waals surface area (Å²) < 4.78 is 46.4. The lowest BCUT2D eigenvalue weighted by molar-refractivity contribution is -0.152. The second kappa shape index (κ2) is 12.3. The van der Waals surface area contributed by atoms with Crippen molar-refractivity contribution < 1.29 is 32.0 Å². The highest BCUT2D eigenvalue weighted by molar-refractivity contribution is 7.92. The van der Waals surface area contributed by atoms with E-state index in [1.165, 1.54) is 35.6 Å². The van der Waals surface area contributed by atoms with Crippen LogP contribution in [0.1, 0.15) is 38.2 Å². The van der Waals surface area contributed by atoms with Gasteiger partial charge in [-0.05, 0) is 82.3 Å². The molecule has 5 rings (SSSR count). The summed E-state index contributed by atoms with van der Waals surface area (Å²) in [4.78, 5) is 25.4. The summed E-state index contributed by atoms with van der Waals surface area (Å²) in [5, 5.41) is 5.63. The molecule has 0 spiro atoms. The van der Waals surface area contributed by atoms with E-state index >= 15 is 0 Å². The highest BCUT2D eigenvalue weighted by atomic mass is 35.5. The first-order valence-corrected chi connectivity index (χ1v) is 16.3. The zero-order chi connectivity index (χ0) is 31.8. The van der Waals surface area contributed by atoms with E-state index in [2.05, 4.69) is 5.16 Å². The number of hydrogen-bond acceptors (Lipinski definition) is 9. The smallest absolute Gasteiger partial charge is 0.360 e. The summed E-state index contributed by atoms with van der Waals surface area (Å²) in [5.74, 6) is -0.864. The summed E-state index contributed by atoms with van der Waals surface area (Å²) in [5.41, 5.74) is 0.296. The van der Waals surface area contributed by atoms with Crippen LogP contribution in [-0.2, 0) is 24.3 Å². The Bertz CT molecular complexity index is 1950. The quantitative estimate of drug-likeness (QED) is 0.149. The van der Waals surface area contributed by atoms with Gasteiger partial charge in [0, 0.05) is 27.7 Å². The minimum atomic E-state index is -4.29. The van der Waals surface area contributed by atoms with E-state index in [-0.39, 0.29) is 32.9 Å². The van der Waals surface area contributed by atoms with Gasteiger partial charge >= 0.3 is 11.9 Å². The number of ether oxygens (including phenoxy) is 2. The van der Waals surface area contributed by atoms with Crippen LogP contribution in [0.15, 0.2) is 76.3 Å². The van der Waals surface area contributed by atoms with Crippen molar-refractivity contribution in [3.8, 4) is 15.6 Å². The molecule has 0 amide bonds. The first kappa shape index (κ1) is 31.6. The molecular weight excluding hydrogens is 649 g/mol. The zero-order valence-corrected chi connectivity index (χ0v) is 27.2. The highest BCUT2D eigenvalue weighted by Gasteiger charge is 2.30. The number of carbonyl (C=O) groups excluding carboxylic acids is 2. The van der Waals surface area contributed by atoms with Gasteiger partial charge in [0.2, 0.25) is 0 Å². The number of aromatic nitrogens is 2. The molecule has 0 atom stereocenters. The highest BCUT2D eigenvalue weighted by Crippen LogP contribution is 2.35. The first-order valence-electron chi connectivity index (χ1n) is 13.3. The minimum absolute atomic E-state index is 0.0849. The molecule has 3 heterocycles. The predicted octanol–water partition coefficient (Wildman–Crippen LogP) is 7.37. The molecule has 0 aliphatic rings. The Kier molecular flexibility index (Phi) is 8.81. The van der Waals surface area contributed by atoms with Gasteiger partial charge < -0.3 is 18.6 Å². The molecule has 0 fully saturated rings. The molecule has 0 aliphatic heterocycles. The fourth-order valence-corrected chi connectivity index (χ4v) is 7.45. The standard InChI is InChI=1S/C30H27Cl2N3O7S2/c1-5-40-29(37)23-16-25(42-33-23)26-8-9-27(43-26)34-11-10-18-12-21(6-7-24(18)34)35(17-28(36)41-30(2,3)4)44(38,39)22-14-19(31)13-20(32)15-22/h6-16H,5,17H2,1-4H3. The average Bonchev–Trinajstić information content (AvgIpc) is 3.69. The number of esters is 2. The Morgan fingerprint density at radius 2 is 1.75 bits per heavy atom. The SMILES string of the molecule is CCOC(=O)c1cc(-c2ccc(-n3ccc4cc(N(CC(=O)OC(C)(C)C)S(=O)(=O)c5cc(Cl)cc(Cl)c5)ccc43)s2)on1. The van der Waals surface area contributed by atoms with Crippen LogP contribution in [0.5, 0.6) is 0 Å². The normalized spacial score (nSPS) is 12.0. The molecule has 230 valence electrons. The van der Waals surface area contributed by atoms with E-state index in [9.17, 15) is 18.0 Å². The fourth-order valence-electron chi connectivity index (χ4n) is 4.37. The molecule has 5 aromatic rings. The van der Waals surface area contributed by atoms with Crippen LogP contribution >= 0.6 is 34.5 Å². The van der Waals surface area contributed by atoms with Crippen LogP contribution < -0.4 is 4.31 Å². The van der Waals surface area contributed by atoms with E-state index in [0.717, 1.165) is 25.1 Å². The summed E-state index contributed by atoms with van der Waals surface area (Å²) in [6, 6.07) is 16.1. The van der Waals surface area contributed by atoms with Crippen LogP contribution in [0, 0.1) is 0 Å². The van der Waals surface area contributed by atoms with Crippen molar-refractivity contribution >= 4 is 73.1 Å². The third-order valence-electron chi connectivity index (χ3n) is 6.15. The number of carbonyl (C=O) groups is 2. The topological polar surface area (TPSA) is 121 Å². The van der Waals surface area contributed by atoms with E-state index < -0.39 is 34.1 Å². The number of hydrogen-bond donors (Lipinski definition) is 0. The van der Waals surface area contributed by atoms with Crippen molar-refractivity contribution in [1.29, 1.82) is 0 Å². The molecule has 10 nitrogen and oxygen atoms in total. The number of fused-ring (bicyclic) bond motifs is 1. The van der Waals surface area contributed by atoms with Crippen LogP contribution in [0.4, 0.5) is 5.69 Å². The molecule has 0 saturated carbocycles. The van der Waals surface area contributed by atoms with E-state index in [0.29, 0.717) is 5.76 Å². The number of anilines is 1. The van der Waals surface area contributed by atoms with Gasteiger partial charge in [0.1, 0.15) is 17.1 Å². The summed E-state index contributed by atoms with van der Waals surface area (Å²) in [6.45, 7) is 6.47. The molecular formula is C30H27Cl2N3O7S2. The number of halogens is 2. The summed E-state index contributed by atoms with van der Waals surface area (Å²) in [6.07, 6.45) is 1.85. The molecule has 0 N–H and O–H groups in total. The van der Waals surface area contributed by atoms with E-state index in [1.54, 1.807) is 45.9 Å². The molecule has 0 radical (unpaired) electrons. The molecule has 0 saturated heterocycles. The number of rotatable bonds is 9. The molecule has 2 aromatic carbocycles. The first-order chi connectivity index (χ1) is 20.7. The summed E-state index contributed by atoms with van der Waals surface area (Å²) in [7, 11) is -4.29. The third-order valence-corrected chi connectivity index (χ3v) is 9.43. The molecule has 14 heteroatoms. The van der Waals surface area contributed by atoms with Crippen molar-refractivity contribution in [3.63, 3.8) is 0 Å². The van der Waals surface area contributed by atoms with Crippen molar-refractivity contribution in [2.45, 2.75) is 38.2 Å². The van der Waals surface area contributed by atoms with Crippen molar-refractivity contribution in [3.05, 3.63) is 82.6 Å². The van der Waals surface area contributed by atoms with Gasteiger partial charge in [-0.2, -0.15) is 0 Å². The number of thiophene rings is 1. The zero-order valence-electron chi connectivity index (χ0n) is 24.0. The maximum absolute atomic E-state index is 13.9. The lowest BCUT2D eigenvalue weighted by Crippen LogP contribution is -2.39. The van der Waals surface area contributed by atoms with E-state index in [4.69, 9.17) is 37.2 Å². The van der Waals surface area contributed by atoms with Crippen LogP contribution in [-0.4, -0.2) is 48.8 Å². The Morgan fingerprint density at radius 1 is 1.02 bits per heavy atom. The number of nitrogens with zero attached hydrogens (tertiary/aromatic N) is 3. The Labute approximate surface area is 267 Å². The van der Waals surface area contributed by atoms with Gasteiger partial charge in [-0.1, -0.05) is 28.4 Å². The van der Waals surface area contributed by atoms with Crippen LogP contribution in [0.25, 0.3) is 26.5 Å². The Morgan fingerprint density at radius 3 is 2.43 bits per heavy atom. The van der Waals surface area contributed by atoms with Gasteiger partial charge in [-0.3, -0.25) is 9.10 Å². The lowest BCUT2D eigenvalue weighted by atomic mass is 10.2. The van der Waals surface area contributed by atoms with Gasteiger partial charge in [0.25, 0.3) is 10.0 Å². The predicted molar refractivity (Wildman–Crippen MR) is 169 cm³/mol.